The number of esters is 1. The third-order valence-corrected chi connectivity index (χ3v) is 11.0. The van der Waals surface area contributed by atoms with Gasteiger partial charge in [-0.1, -0.05) is 114 Å². The molecule has 274 valence electrons. The second-order valence-electron chi connectivity index (χ2n) is 13.0. The molecular weight excluding hydrogens is 691 g/mol. The normalized spacial score (nSPS) is 11.2. The van der Waals surface area contributed by atoms with Crippen LogP contribution in [0.3, 0.4) is 0 Å². The maximum atomic E-state index is 13.9. The number of anilines is 2. The summed E-state index contributed by atoms with van der Waals surface area (Å²) in [4.78, 5) is 46.2. The van der Waals surface area contributed by atoms with Crippen LogP contribution >= 0.6 is 23.1 Å². The van der Waals surface area contributed by atoms with Crippen LogP contribution in [-0.2, 0) is 4.74 Å². The molecule has 0 unspecified atom stereocenters. The number of phenols is 1. The lowest BCUT2D eigenvalue weighted by atomic mass is 10.0. The molecule has 0 saturated carbocycles. The van der Waals surface area contributed by atoms with Gasteiger partial charge in [-0.2, -0.15) is 0 Å². The van der Waals surface area contributed by atoms with Crippen molar-refractivity contribution in [1.29, 1.82) is 0 Å². The second kappa shape index (κ2) is 20.0. The minimum Gasteiger partial charge on any atom is -0.506 e. The van der Waals surface area contributed by atoms with Crippen molar-refractivity contribution >= 4 is 72.6 Å². The molecule has 5 aromatic rings. The number of amides is 2. The first kappa shape index (κ1) is 38.8. The minimum absolute atomic E-state index is 0.144. The van der Waals surface area contributed by atoms with Crippen molar-refractivity contribution < 1.29 is 24.2 Å². The second-order valence-corrected chi connectivity index (χ2v) is 15.2. The molecule has 0 fully saturated rings. The Morgan fingerprint density at radius 3 is 2.23 bits per heavy atom. The molecule has 2 amide bonds. The number of nitrogens with one attached hydrogen (secondary N) is 1. The SMILES string of the molecule is CCCCCCCCCCCCOC(=O)c1ccc2nc(SC(=O)N(CCCC)c3cccc4c(O)c(C(=O)Nc5ccccc5)ccc34)sc2c1. The number of aromatic nitrogens is 1. The summed E-state index contributed by atoms with van der Waals surface area (Å²) in [5.41, 5.74) is 2.60. The molecule has 1 aromatic heterocycles. The van der Waals surface area contributed by atoms with E-state index in [0.717, 1.165) is 42.1 Å². The first-order valence-corrected chi connectivity index (χ1v) is 20.2. The first-order chi connectivity index (χ1) is 25.4. The summed E-state index contributed by atoms with van der Waals surface area (Å²) in [6.07, 6.45) is 13.9. The zero-order chi connectivity index (χ0) is 36.7. The predicted molar refractivity (Wildman–Crippen MR) is 215 cm³/mol. The number of aromatic hydroxyl groups is 1. The van der Waals surface area contributed by atoms with Crippen LogP contribution in [0.25, 0.3) is 21.0 Å². The Bertz CT molecular complexity index is 1940. The van der Waals surface area contributed by atoms with Crippen molar-refractivity contribution in [1.82, 2.24) is 4.98 Å². The number of rotatable bonds is 19. The molecule has 0 saturated heterocycles. The molecule has 1 heterocycles. The van der Waals surface area contributed by atoms with Crippen LogP contribution in [0.2, 0.25) is 0 Å². The fourth-order valence-electron chi connectivity index (χ4n) is 6.13. The van der Waals surface area contributed by atoms with Gasteiger partial charge in [0.1, 0.15) is 5.75 Å². The Kier molecular flexibility index (Phi) is 14.9. The van der Waals surface area contributed by atoms with Crippen LogP contribution in [0.5, 0.6) is 5.75 Å². The van der Waals surface area contributed by atoms with Gasteiger partial charge in [0.15, 0.2) is 4.34 Å². The van der Waals surface area contributed by atoms with Crippen LogP contribution in [-0.4, -0.2) is 40.4 Å². The lowest BCUT2D eigenvalue weighted by Crippen LogP contribution is -2.28. The lowest BCUT2D eigenvalue weighted by Gasteiger charge is -2.24. The number of fused-ring (bicyclic) bond motifs is 2. The van der Waals surface area contributed by atoms with Gasteiger partial charge in [-0.25, -0.2) is 9.78 Å². The number of para-hydroxylation sites is 1. The fraction of sp³-hybridized carbons (Fsp3) is 0.381. The number of nitrogens with zero attached hydrogens (tertiary/aromatic N) is 2. The Morgan fingerprint density at radius 2 is 1.50 bits per heavy atom. The molecule has 0 aliphatic heterocycles. The van der Waals surface area contributed by atoms with Gasteiger partial charge in [-0.05, 0) is 55.3 Å². The molecule has 2 N–H and O–H groups in total. The van der Waals surface area contributed by atoms with E-state index in [2.05, 4.69) is 24.1 Å². The number of benzene rings is 4. The summed E-state index contributed by atoms with van der Waals surface area (Å²) in [5.74, 6) is -0.915. The summed E-state index contributed by atoms with van der Waals surface area (Å²) in [7, 11) is 0. The summed E-state index contributed by atoms with van der Waals surface area (Å²) in [6.45, 7) is 5.19. The van der Waals surface area contributed by atoms with E-state index in [0.29, 0.717) is 50.7 Å². The van der Waals surface area contributed by atoms with E-state index >= 15 is 0 Å². The van der Waals surface area contributed by atoms with E-state index in [1.54, 1.807) is 59.5 Å². The molecule has 0 aliphatic carbocycles. The molecule has 0 aliphatic rings. The molecule has 0 atom stereocenters. The monoisotopic (exact) mass is 739 g/mol. The molecule has 0 radical (unpaired) electrons. The Labute approximate surface area is 315 Å². The van der Waals surface area contributed by atoms with Gasteiger partial charge in [0.05, 0.1) is 33.6 Å². The van der Waals surface area contributed by atoms with E-state index in [1.165, 1.54) is 62.7 Å². The van der Waals surface area contributed by atoms with Crippen LogP contribution in [0.1, 0.15) is 112 Å². The number of carbonyl (C=O) groups excluding carboxylic acids is 3. The number of ether oxygens (including phenoxy) is 1. The molecule has 5 rings (SSSR count). The van der Waals surface area contributed by atoms with E-state index in [-0.39, 0.29) is 22.5 Å². The topological polar surface area (TPSA) is 109 Å². The van der Waals surface area contributed by atoms with Crippen molar-refractivity contribution in [2.24, 2.45) is 0 Å². The van der Waals surface area contributed by atoms with Gasteiger partial charge in [0, 0.05) is 34.8 Å². The standard InChI is InChI=1S/C42H49N3O5S2/c1-3-5-7-8-9-10-11-12-13-17-28-50-40(48)30-23-26-35-37(29-30)51-41(44-35)52-42(49)45(27-6-4-2)36-22-18-21-33-32(36)24-25-34(38(33)46)39(47)43-31-19-15-14-16-20-31/h14-16,18-26,29,46H,3-13,17,27-28H2,1-2H3,(H,43,47). The van der Waals surface area contributed by atoms with Crippen molar-refractivity contribution in [3.8, 4) is 5.75 Å². The Morgan fingerprint density at radius 1 is 0.788 bits per heavy atom. The number of carbonyl (C=O) groups is 3. The van der Waals surface area contributed by atoms with Crippen molar-refractivity contribution in [3.63, 3.8) is 0 Å². The predicted octanol–water partition coefficient (Wildman–Crippen LogP) is 12.0. The number of phenolic OH excluding ortho intramolecular Hbond substituents is 1. The third kappa shape index (κ3) is 10.6. The van der Waals surface area contributed by atoms with Crippen LogP contribution < -0.4 is 10.2 Å². The molecule has 52 heavy (non-hydrogen) atoms. The highest BCUT2D eigenvalue weighted by Crippen LogP contribution is 2.38. The molecule has 0 spiro atoms. The highest BCUT2D eigenvalue weighted by Gasteiger charge is 2.23. The van der Waals surface area contributed by atoms with Gasteiger partial charge >= 0.3 is 5.97 Å². The van der Waals surface area contributed by atoms with E-state index in [4.69, 9.17) is 4.74 Å². The summed E-state index contributed by atoms with van der Waals surface area (Å²) in [6, 6.07) is 23.1. The van der Waals surface area contributed by atoms with Crippen LogP contribution in [0, 0.1) is 0 Å². The van der Waals surface area contributed by atoms with Gasteiger partial charge < -0.3 is 20.1 Å². The number of hydrogen-bond donors (Lipinski definition) is 2. The molecule has 8 nitrogen and oxygen atoms in total. The van der Waals surface area contributed by atoms with Gasteiger partial charge in [0.2, 0.25) is 0 Å². The summed E-state index contributed by atoms with van der Waals surface area (Å²) in [5, 5.41) is 15.0. The first-order valence-electron chi connectivity index (χ1n) is 18.6. The maximum Gasteiger partial charge on any atom is 0.338 e. The fourth-order valence-corrected chi connectivity index (χ4v) is 8.11. The van der Waals surface area contributed by atoms with E-state index in [1.807, 2.05) is 24.3 Å². The van der Waals surface area contributed by atoms with Gasteiger partial charge in [0.25, 0.3) is 11.1 Å². The average molecular weight is 740 g/mol. The zero-order valence-corrected chi connectivity index (χ0v) is 31.8. The average Bonchev–Trinajstić information content (AvgIpc) is 3.56. The zero-order valence-electron chi connectivity index (χ0n) is 30.2. The van der Waals surface area contributed by atoms with Gasteiger partial charge in [-0.15, -0.1) is 11.3 Å². The number of thiazole rings is 1. The van der Waals surface area contributed by atoms with Crippen LogP contribution in [0.4, 0.5) is 16.2 Å². The molecule has 4 aromatic carbocycles. The molecule has 10 heteroatoms. The highest BCUT2D eigenvalue weighted by molar-refractivity contribution is 8.15. The highest BCUT2D eigenvalue weighted by atomic mass is 32.2. The van der Waals surface area contributed by atoms with Gasteiger partial charge in [-0.3, -0.25) is 9.59 Å². The van der Waals surface area contributed by atoms with Crippen LogP contribution in [0.15, 0.2) is 83.2 Å². The number of unbranched alkanes of at least 4 members (excludes halogenated alkanes) is 10. The summed E-state index contributed by atoms with van der Waals surface area (Å²) >= 11 is 2.40. The Hall–Kier alpha value is -4.41. The Balaban J connectivity index is 1.21. The lowest BCUT2D eigenvalue weighted by molar-refractivity contribution is 0.0497. The van der Waals surface area contributed by atoms with Crippen molar-refractivity contribution in [2.45, 2.75) is 95.2 Å². The molecule has 0 bridgehead atoms. The minimum atomic E-state index is -0.424. The third-order valence-electron chi connectivity index (χ3n) is 9.04. The number of hydrogen-bond acceptors (Lipinski definition) is 8. The largest absolute Gasteiger partial charge is 0.506 e. The van der Waals surface area contributed by atoms with Crippen molar-refractivity contribution in [3.05, 3.63) is 90.0 Å². The summed E-state index contributed by atoms with van der Waals surface area (Å²) < 4.78 is 6.94. The molecular formula is C42H49N3O5S2. The van der Waals surface area contributed by atoms with E-state index < -0.39 is 5.91 Å². The smallest absolute Gasteiger partial charge is 0.338 e. The quantitative estimate of drug-likeness (QED) is 0.0493. The van der Waals surface area contributed by atoms with E-state index in [9.17, 15) is 19.5 Å². The maximum absolute atomic E-state index is 13.9. The van der Waals surface area contributed by atoms with Crippen molar-refractivity contribution in [2.75, 3.05) is 23.4 Å². The number of thioether (sulfide) groups is 1.